The molecule has 0 amide bonds. The van der Waals surface area contributed by atoms with Crippen LogP contribution < -0.4 is 10.1 Å². The first kappa shape index (κ1) is 14.2. The lowest BCUT2D eigenvalue weighted by atomic mass is 9.71. The molecule has 1 aromatic heterocycles. The highest BCUT2D eigenvalue weighted by atomic mass is 16.5. The van der Waals surface area contributed by atoms with E-state index in [2.05, 4.69) is 38.0 Å². The van der Waals surface area contributed by atoms with E-state index in [1.54, 1.807) is 0 Å². The van der Waals surface area contributed by atoms with Gasteiger partial charge in [0.15, 0.2) is 0 Å². The van der Waals surface area contributed by atoms with E-state index in [0.29, 0.717) is 11.5 Å². The van der Waals surface area contributed by atoms with Gasteiger partial charge in [-0.3, -0.25) is 0 Å². The number of nitrogens with zero attached hydrogens (tertiary/aromatic N) is 1. The number of rotatable bonds is 4. The zero-order valence-electron chi connectivity index (χ0n) is 12.6. The third-order valence-corrected chi connectivity index (χ3v) is 3.74. The number of aromatic nitrogens is 1. The standard InChI is InChI=1S/C16H26N2O/c1-5-17-15-9-13(6-7-18-15)19-14-8-12(2)10-16(3,4)11-14/h6-7,9,12,14H,5,8,10-11H2,1-4H3,(H,17,18). The maximum absolute atomic E-state index is 6.17. The highest BCUT2D eigenvalue weighted by Crippen LogP contribution is 2.40. The minimum atomic E-state index is 0.329. The minimum Gasteiger partial charge on any atom is -0.490 e. The molecule has 3 nitrogen and oxygen atoms in total. The molecule has 0 spiro atoms. The van der Waals surface area contributed by atoms with Crippen LogP contribution in [0.3, 0.4) is 0 Å². The second-order valence-corrected chi connectivity index (χ2v) is 6.56. The van der Waals surface area contributed by atoms with Crippen LogP contribution in [-0.4, -0.2) is 17.6 Å². The van der Waals surface area contributed by atoms with Gasteiger partial charge in [-0.25, -0.2) is 4.98 Å². The molecule has 106 valence electrons. The van der Waals surface area contributed by atoms with E-state index in [0.717, 1.165) is 36.9 Å². The van der Waals surface area contributed by atoms with Gasteiger partial charge in [-0.1, -0.05) is 20.8 Å². The van der Waals surface area contributed by atoms with E-state index < -0.39 is 0 Å². The maximum Gasteiger partial charge on any atom is 0.129 e. The summed E-state index contributed by atoms with van der Waals surface area (Å²) in [5, 5.41) is 3.22. The summed E-state index contributed by atoms with van der Waals surface area (Å²) in [6.07, 6.45) is 5.73. The van der Waals surface area contributed by atoms with Gasteiger partial charge in [0.2, 0.25) is 0 Å². The number of hydrogen-bond acceptors (Lipinski definition) is 3. The molecule has 3 heteroatoms. The van der Waals surface area contributed by atoms with E-state index in [1.165, 1.54) is 6.42 Å². The van der Waals surface area contributed by atoms with E-state index in [4.69, 9.17) is 4.74 Å². The lowest BCUT2D eigenvalue weighted by Crippen LogP contribution is -2.34. The van der Waals surface area contributed by atoms with Gasteiger partial charge in [-0.2, -0.15) is 0 Å². The number of nitrogens with one attached hydrogen (secondary N) is 1. The van der Waals surface area contributed by atoms with Crippen molar-refractivity contribution >= 4 is 5.82 Å². The highest BCUT2D eigenvalue weighted by Gasteiger charge is 2.33. The Bertz CT molecular complexity index is 417. The van der Waals surface area contributed by atoms with Crippen LogP contribution in [0.1, 0.15) is 47.0 Å². The zero-order valence-corrected chi connectivity index (χ0v) is 12.6. The van der Waals surface area contributed by atoms with Gasteiger partial charge in [0.25, 0.3) is 0 Å². The van der Waals surface area contributed by atoms with E-state index in [1.807, 2.05) is 18.3 Å². The number of hydrogen-bond donors (Lipinski definition) is 1. The second-order valence-electron chi connectivity index (χ2n) is 6.56. The van der Waals surface area contributed by atoms with Crippen LogP contribution >= 0.6 is 0 Å². The fourth-order valence-electron chi connectivity index (χ4n) is 3.30. The van der Waals surface area contributed by atoms with Crippen molar-refractivity contribution in [3.63, 3.8) is 0 Å². The Morgan fingerprint density at radius 2 is 2.21 bits per heavy atom. The molecule has 1 aliphatic carbocycles. The van der Waals surface area contributed by atoms with Crippen LogP contribution in [0.25, 0.3) is 0 Å². The molecule has 0 radical (unpaired) electrons. The molecular formula is C16H26N2O. The number of pyridine rings is 1. The summed E-state index contributed by atoms with van der Waals surface area (Å²) >= 11 is 0. The SMILES string of the molecule is CCNc1cc(OC2CC(C)CC(C)(C)C2)ccn1. The molecule has 1 heterocycles. The lowest BCUT2D eigenvalue weighted by molar-refractivity contribution is 0.0562. The van der Waals surface area contributed by atoms with Gasteiger partial charge in [-0.15, -0.1) is 0 Å². The third kappa shape index (κ3) is 4.12. The van der Waals surface area contributed by atoms with Crippen LogP contribution in [0, 0.1) is 11.3 Å². The van der Waals surface area contributed by atoms with Crippen LogP contribution in [0.15, 0.2) is 18.3 Å². The first-order chi connectivity index (χ1) is 8.98. The molecule has 0 bridgehead atoms. The molecule has 0 aromatic carbocycles. The normalized spacial score (nSPS) is 25.9. The molecule has 0 aliphatic heterocycles. The summed E-state index contributed by atoms with van der Waals surface area (Å²) in [6, 6.07) is 3.95. The van der Waals surface area contributed by atoms with Crippen molar-refractivity contribution < 1.29 is 4.74 Å². The highest BCUT2D eigenvalue weighted by molar-refractivity contribution is 5.40. The quantitative estimate of drug-likeness (QED) is 0.886. The van der Waals surface area contributed by atoms with Crippen molar-refractivity contribution in [3.8, 4) is 5.75 Å². The van der Waals surface area contributed by atoms with Crippen LogP contribution in [-0.2, 0) is 0 Å². The summed E-state index contributed by atoms with van der Waals surface area (Å²) in [4.78, 5) is 4.27. The van der Waals surface area contributed by atoms with Crippen molar-refractivity contribution in [2.45, 2.75) is 53.1 Å². The zero-order chi connectivity index (χ0) is 13.9. The Morgan fingerprint density at radius 3 is 2.89 bits per heavy atom. The molecule has 19 heavy (non-hydrogen) atoms. The predicted octanol–water partition coefficient (Wildman–Crippen LogP) is 4.11. The summed E-state index contributed by atoms with van der Waals surface area (Å²) in [7, 11) is 0. The van der Waals surface area contributed by atoms with Gasteiger partial charge in [0.1, 0.15) is 11.6 Å². The molecule has 2 atom stereocenters. The van der Waals surface area contributed by atoms with Crippen molar-refractivity contribution in [2.75, 3.05) is 11.9 Å². The van der Waals surface area contributed by atoms with Crippen molar-refractivity contribution in [1.29, 1.82) is 0 Å². The molecule has 2 rings (SSSR count). The Labute approximate surface area is 116 Å². The Kier molecular flexibility index (Phi) is 4.33. The van der Waals surface area contributed by atoms with Crippen molar-refractivity contribution in [3.05, 3.63) is 18.3 Å². The van der Waals surface area contributed by atoms with Gasteiger partial charge < -0.3 is 10.1 Å². The van der Waals surface area contributed by atoms with Crippen LogP contribution in [0.5, 0.6) is 5.75 Å². The number of anilines is 1. The van der Waals surface area contributed by atoms with E-state index in [9.17, 15) is 0 Å². The lowest BCUT2D eigenvalue weighted by Gasteiger charge is -2.38. The van der Waals surface area contributed by atoms with Gasteiger partial charge in [0.05, 0.1) is 6.10 Å². The largest absolute Gasteiger partial charge is 0.490 e. The molecule has 1 fully saturated rings. The first-order valence-corrected chi connectivity index (χ1v) is 7.35. The van der Waals surface area contributed by atoms with E-state index in [-0.39, 0.29) is 0 Å². The summed E-state index contributed by atoms with van der Waals surface area (Å²) in [6.45, 7) is 9.96. The Morgan fingerprint density at radius 1 is 1.42 bits per heavy atom. The second kappa shape index (κ2) is 5.81. The maximum atomic E-state index is 6.17. The molecule has 1 saturated carbocycles. The average molecular weight is 262 g/mol. The van der Waals surface area contributed by atoms with Gasteiger partial charge in [0, 0.05) is 18.8 Å². The van der Waals surface area contributed by atoms with Gasteiger partial charge >= 0.3 is 0 Å². The number of ether oxygens (including phenoxy) is 1. The topological polar surface area (TPSA) is 34.1 Å². The third-order valence-electron chi connectivity index (χ3n) is 3.74. The van der Waals surface area contributed by atoms with Gasteiger partial charge in [-0.05, 0) is 43.6 Å². The minimum absolute atomic E-state index is 0.329. The first-order valence-electron chi connectivity index (χ1n) is 7.35. The molecule has 0 saturated heterocycles. The fraction of sp³-hybridized carbons (Fsp3) is 0.688. The average Bonchev–Trinajstić information content (AvgIpc) is 2.26. The Hall–Kier alpha value is -1.25. The molecule has 1 aliphatic rings. The molecule has 1 N–H and O–H groups in total. The summed E-state index contributed by atoms with van der Waals surface area (Å²) < 4.78 is 6.17. The monoisotopic (exact) mass is 262 g/mol. The van der Waals surface area contributed by atoms with Crippen molar-refractivity contribution in [2.24, 2.45) is 11.3 Å². The molecular weight excluding hydrogens is 236 g/mol. The predicted molar refractivity (Wildman–Crippen MR) is 79.6 cm³/mol. The smallest absolute Gasteiger partial charge is 0.129 e. The van der Waals surface area contributed by atoms with Crippen molar-refractivity contribution in [1.82, 2.24) is 4.98 Å². The molecule has 1 aromatic rings. The van der Waals surface area contributed by atoms with Crippen LogP contribution in [0.4, 0.5) is 5.82 Å². The summed E-state index contributed by atoms with van der Waals surface area (Å²) in [5.41, 5.74) is 0.389. The molecule has 2 unspecified atom stereocenters. The fourth-order valence-corrected chi connectivity index (χ4v) is 3.30. The summed E-state index contributed by atoms with van der Waals surface area (Å²) in [5.74, 6) is 2.56. The Balaban J connectivity index is 2.02. The van der Waals surface area contributed by atoms with E-state index >= 15 is 0 Å². The van der Waals surface area contributed by atoms with Crippen LogP contribution in [0.2, 0.25) is 0 Å².